The SMILES string of the molecule is COCc1ccccc1NC(=O)C1CCCCN1. The molecule has 1 saturated heterocycles. The van der Waals surface area contributed by atoms with Crippen molar-refractivity contribution in [2.75, 3.05) is 19.0 Å². The second kappa shape index (κ2) is 6.52. The molecule has 1 unspecified atom stereocenters. The summed E-state index contributed by atoms with van der Waals surface area (Å²) in [6.45, 7) is 1.44. The number of hydrogen-bond acceptors (Lipinski definition) is 3. The van der Waals surface area contributed by atoms with Gasteiger partial charge in [-0.25, -0.2) is 0 Å². The molecular formula is C14H20N2O2. The first-order chi connectivity index (χ1) is 8.81. The molecule has 1 fully saturated rings. The largest absolute Gasteiger partial charge is 0.380 e. The zero-order valence-electron chi connectivity index (χ0n) is 10.7. The van der Waals surface area contributed by atoms with Crippen LogP contribution in [0.4, 0.5) is 5.69 Å². The van der Waals surface area contributed by atoms with E-state index in [0.29, 0.717) is 6.61 Å². The van der Waals surface area contributed by atoms with E-state index < -0.39 is 0 Å². The maximum Gasteiger partial charge on any atom is 0.241 e. The minimum Gasteiger partial charge on any atom is -0.380 e. The number of para-hydroxylation sites is 1. The van der Waals surface area contributed by atoms with Crippen molar-refractivity contribution in [1.82, 2.24) is 5.32 Å². The van der Waals surface area contributed by atoms with Gasteiger partial charge in [0.05, 0.1) is 12.6 Å². The van der Waals surface area contributed by atoms with Crippen LogP contribution in [0.1, 0.15) is 24.8 Å². The van der Waals surface area contributed by atoms with Gasteiger partial charge in [0, 0.05) is 18.4 Å². The molecule has 2 rings (SSSR count). The summed E-state index contributed by atoms with van der Waals surface area (Å²) in [5, 5.41) is 6.23. The van der Waals surface area contributed by atoms with E-state index in [0.717, 1.165) is 37.1 Å². The summed E-state index contributed by atoms with van der Waals surface area (Å²) in [7, 11) is 1.65. The molecule has 1 aromatic carbocycles. The highest BCUT2D eigenvalue weighted by Crippen LogP contribution is 2.17. The van der Waals surface area contributed by atoms with Gasteiger partial charge in [0.15, 0.2) is 0 Å². The van der Waals surface area contributed by atoms with Gasteiger partial charge in [-0.1, -0.05) is 24.6 Å². The van der Waals surface area contributed by atoms with Gasteiger partial charge < -0.3 is 15.4 Å². The average Bonchev–Trinajstić information content (AvgIpc) is 2.42. The van der Waals surface area contributed by atoms with Crippen LogP contribution in [-0.4, -0.2) is 25.6 Å². The van der Waals surface area contributed by atoms with E-state index in [4.69, 9.17) is 4.74 Å². The van der Waals surface area contributed by atoms with Gasteiger partial charge in [0.1, 0.15) is 0 Å². The predicted octanol–water partition coefficient (Wildman–Crippen LogP) is 1.91. The topological polar surface area (TPSA) is 50.4 Å². The van der Waals surface area contributed by atoms with Crippen molar-refractivity contribution >= 4 is 11.6 Å². The predicted molar refractivity (Wildman–Crippen MR) is 71.4 cm³/mol. The Kier molecular flexibility index (Phi) is 4.73. The molecular weight excluding hydrogens is 228 g/mol. The summed E-state index contributed by atoms with van der Waals surface area (Å²) in [6, 6.07) is 7.68. The van der Waals surface area contributed by atoms with Crippen LogP contribution in [0.2, 0.25) is 0 Å². The maximum atomic E-state index is 12.1. The van der Waals surface area contributed by atoms with Crippen LogP contribution in [0.25, 0.3) is 0 Å². The molecule has 0 radical (unpaired) electrons. The number of piperidine rings is 1. The minimum atomic E-state index is -0.0608. The Labute approximate surface area is 108 Å². The summed E-state index contributed by atoms with van der Waals surface area (Å²) in [6.07, 6.45) is 3.19. The summed E-state index contributed by atoms with van der Waals surface area (Å²) in [5.41, 5.74) is 1.85. The van der Waals surface area contributed by atoms with Gasteiger partial charge >= 0.3 is 0 Å². The number of amides is 1. The smallest absolute Gasteiger partial charge is 0.241 e. The van der Waals surface area contributed by atoms with E-state index in [9.17, 15) is 4.79 Å². The Hall–Kier alpha value is -1.39. The van der Waals surface area contributed by atoms with Gasteiger partial charge in [0.2, 0.25) is 5.91 Å². The highest BCUT2D eigenvalue weighted by atomic mass is 16.5. The van der Waals surface area contributed by atoms with Crippen LogP contribution in [-0.2, 0) is 16.1 Å². The fraction of sp³-hybridized carbons (Fsp3) is 0.500. The first kappa shape index (κ1) is 13.1. The highest BCUT2D eigenvalue weighted by Gasteiger charge is 2.20. The molecule has 4 heteroatoms. The van der Waals surface area contributed by atoms with E-state index in [2.05, 4.69) is 10.6 Å². The second-order valence-electron chi connectivity index (χ2n) is 4.58. The zero-order valence-corrected chi connectivity index (χ0v) is 10.7. The molecule has 1 aromatic rings. The number of nitrogens with one attached hydrogen (secondary N) is 2. The molecule has 0 aliphatic carbocycles. The number of carbonyl (C=O) groups is 1. The van der Waals surface area contributed by atoms with Crippen molar-refractivity contribution in [2.45, 2.75) is 31.9 Å². The molecule has 0 aromatic heterocycles. The molecule has 1 atom stereocenters. The first-order valence-corrected chi connectivity index (χ1v) is 6.42. The number of carbonyl (C=O) groups excluding carboxylic acids is 1. The van der Waals surface area contributed by atoms with E-state index in [-0.39, 0.29) is 11.9 Å². The van der Waals surface area contributed by atoms with E-state index in [1.54, 1.807) is 7.11 Å². The summed E-state index contributed by atoms with van der Waals surface area (Å²) < 4.78 is 5.13. The van der Waals surface area contributed by atoms with Crippen molar-refractivity contribution in [1.29, 1.82) is 0 Å². The third kappa shape index (κ3) is 3.31. The van der Waals surface area contributed by atoms with Crippen LogP contribution < -0.4 is 10.6 Å². The molecule has 0 saturated carbocycles. The molecule has 4 nitrogen and oxygen atoms in total. The number of rotatable bonds is 4. The lowest BCUT2D eigenvalue weighted by Crippen LogP contribution is -2.43. The number of benzene rings is 1. The first-order valence-electron chi connectivity index (χ1n) is 6.42. The van der Waals surface area contributed by atoms with Crippen molar-refractivity contribution in [3.8, 4) is 0 Å². The quantitative estimate of drug-likeness (QED) is 0.856. The molecule has 18 heavy (non-hydrogen) atoms. The van der Waals surface area contributed by atoms with Crippen LogP contribution in [0, 0.1) is 0 Å². The monoisotopic (exact) mass is 248 g/mol. The number of anilines is 1. The Morgan fingerprint density at radius 2 is 2.28 bits per heavy atom. The van der Waals surface area contributed by atoms with E-state index >= 15 is 0 Å². The lowest BCUT2D eigenvalue weighted by molar-refractivity contribution is -0.118. The van der Waals surface area contributed by atoms with Crippen LogP contribution >= 0.6 is 0 Å². The Balaban J connectivity index is 2.01. The van der Waals surface area contributed by atoms with Gasteiger partial charge in [-0.15, -0.1) is 0 Å². The molecule has 2 N–H and O–H groups in total. The molecule has 1 heterocycles. The second-order valence-corrected chi connectivity index (χ2v) is 4.58. The molecule has 1 amide bonds. The standard InChI is InChI=1S/C14H20N2O2/c1-18-10-11-6-2-3-7-12(11)16-14(17)13-8-4-5-9-15-13/h2-3,6-7,13,15H,4-5,8-10H2,1H3,(H,16,17). The Morgan fingerprint density at radius 1 is 1.44 bits per heavy atom. The van der Waals surface area contributed by atoms with Crippen LogP contribution in [0.3, 0.4) is 0 Å². The number of methoxy groups -OCH3 is 1. The van der Waals surface area contributed by atoms with Gasteiger partial charge in [0.25, 0.3) is 0 Å². The van der Waals surface area contributed by atoms with Crippen molar-refractivity contribution in [2.24, 2.45) is 0 Å². The molecule has 98 valence electrons. The van der Waals surface area contributed by atoms with Crippen molar-refractivity contribution < 1.29 is 9.53 Å². The number of hydrogen-bond donors (Lipinski definition) is 2. The molecule has 0 bridgehead atoms. The van der Waals surface area contributed by atoms with Gasteiger partial charge in [-0.2, -0.15) is 0 Å². The summed E-state index contributed by atoms with van der Waals surface area (Å²) in [4.78, 5) is 12.1. The number of ether oxygens (including phenoxy) is 1. The Bertz CT molecular complexity index is 401. The fourth-order valence-electron chi connectivity index (χ4n) is 2.22. The van der Waals surface area contributed by atoms with Crippen LogP contribution in [0.15, 0.2) is 24.3 Å². The van der Waals surface area contributed by atoms with Crippen molar-refractivity contribution in [3.05, 3.63) is 29.8 Å². The normalized spacial score (nSPS) is 19.5. The lowest BCUT2D eigenvalue weighted by atomic mass is 10.0. The molecule has 0 spiro atoms. The summed E-state index contributed by atoms with van der Waals surface area (Å²) in [5.74, 6) is 0.0539. The third-order valence-corrected chi connectivity index (χ3v) is 3.20. The van der Waals surface area contributed by atoms with E-state index in [1.165, 1.54) is 0 Å². The van der Waals surface area contributed by atoms with Gasteiger partial charge in [-0.3, -0.25) is 4.79 Å². The third-order valence-electron chi connectivity index (χ3n) is 3.20. The van der Waals surface area contributed by atoms with E-state index in [1.807, 2.05) is 24.3 Å². The highest BCUT2D eigenvalue weighted by molar-refractivity contribution is 5.95. The van der Waals surface area contributed by atoms with Crippen LogP contribution in [0.5, 0.6) is 0 Å². The minimum absolute atomic E-state index is 0.0539. The molecule has 1 aliphatic heterocycles. The molecule has 1 aliphatic rings. The zero-order chi connectivity index (χ0) is 12.8. The Morgan fingerprint density at radius 3 is 3.00 bits per heavy atom. The maximum absolute atomic E-state index is 12.1. The van der Waals surface area contributed by atoms with Gasteiger partial charge in [-0.05, 0) is 25.5 Å². The fourth-order valence-corrected chi connectivity index (χ4v) is 2.22. The lowest BCUT2D eigenvalue weighted by Gasteiger charge is -2.23. The summed E-state index contributed by atoms with van der Waals surface area (Å²) >= 11 is 0. The average molecular weight is 248 g/mol. The van der Waals surface area contributed by atoms with Crippen molar-refractivity contribution in [3.63, 3.8) is 0 Å².